The lowest BCUT2D eigenvalue weighted by atomic mass is 10.0. The van der Waals surface area contributed by atoms with Gasteiger partial charge in [-0.1, -0.05) is 0 Å². The van der Waals surface area contributed by atoms with E-state index in [1.54, 1.807) is 0 Å². The molecule has 2 heteroatoms. The molecule has 0 aromatic heterocycles. The van der Waals surface area contributed by atoms with Crippen LogP contribution in [0.25, 0.3) is 0 Å². The van der Waals surface area contributed by atoms with E-state index in [9.17, 15) is 5.11 Å². The van der Waals surface area contributed by atoms with Gasteiger partial charge in [0.15, 0.2) is 0 Å². The smallest absolute Gasteiger partial charge is 0.0543 e. The Hall–Kier alpha value is -0.0800. The molecule has 0 aromatic carbocycles. The van der Waals surface area contributed by atoms with Gasteiger partial charge in [0.1, 0.15) is 0 Å². The average molecular weight is 171 g/mol. The molecule has 2 atom stereocenters. The lowest BCUT2D eigenvalue weighted by molar-refractivity contribution is 0.176. The molecule has 2 nitrogen and oxygen atoms in total. The number of nitrogens with one attached hydrogen (secondary N) is 1. The summed E-state index contributed by atoms with van der Waals surface area (Å²) in [6, 6.07) is 0. The van der Waals surface area contributed by atoms with E-state index in [0.717, 1.165) is 19.4 Å². The summed E-state index contributed by atoms with van der Waals surface area (Å²) in [6.45, 7) is 7.59. The van der Waals surface area contributed by atoms with Crippen molar-refractivity contribution in [2.45, 2.75) is 51.7 Å². The van der Waals surface area contributed by atoms with Crippen LogP contribution in [0.4, 0.5) is 0 Å². The Morgan fingerprint density at radius 1 is 1.33 bits per heavy atom. The first-order valence-corrected chi connectivity index (χ1v) is 4.90. The highest BCUT2D eigenvalue weighted by molar-refractivity contribution is 4.79. The highest BCUT2D eigenvalue weighted by Crippen LogP contribution is 2.24. The van der Waals surface area contributed by atoms with Gasteiger partial charge in [0.2, 0.25) is 0 Å². The Labute approximate surface area is 75.4 Å². The molecular formula is C10H21NO. The number of rotatable bonds is 2. The van der Waals surface area contributed by atoms with Crippen LogP contribution in [0.3, 0.4) is 0 Å². The molecule has 1 aliphatic rings. The van der Waals surface area contributed by atoms with Crippen LogP contribution in [0.1, 0.15) is 40.0 Å². The van der Waals surface area contributed by atoms with Gasteiger partial charge >= 0.3 is 0 Å². The summed E-state index contributed by atoms with van der Waals surface area (Å²) >= 11 is 0. The summed E-state index contributed by atoms with van der Waals surface area (Å²) in [5, 5.41) is 12.8. The van der Waals surface area contributed by atoms with Crippen molar-refractivity contribution in [3.63, 3.8) is 0 Å². The monoisotopic (exact) mass is 171 g/mol. The van der Waals surface area contributed by atoms with Crippen molar-refractivity contribution in [3.05, 3.63) is 0 Å². The Kier molecular flexibility index (Phi) is 3.13. The quantitative estimate of drug-likeness (QED) is 0.660. The summed E-state index contributed by atoms with van der Waals surface area (Å²) in [5.74, 6) is 0.694. The second-order valence-corrected chi connectivity index (χ2v) is 4.96. The van der Waals surface area contributed by atoms with Gasteiger partial charge in [-0.25, -0.2) is 0 Å². The molecule has 1 rings (SSSR count). The van der Waals surface area contributed by atoms with E-state index in [0.29, 0.717) is 5.92 Å². The van der Waals surface area contributed by atoms with Crippen molar-refractivity contribution in [3.8, 4) is 0 Å². The molecule has 0 amide bonds. The molecule has 0 saturated heterocycles. The second kappa shape index (κ2) is 3.75. The van der Waals surface area contributed by atoms with Gasteiger partial charge in [0, 0.05) is 5.54 Å². The Bertz CT molecular complexity index is 139. The molecule has 1 aliphatic carbocycles. The molecule has 1 saturated carbocycles. The molecule has 1 fully saturated rings. The summed E-state index contributed by atoms with van der Waals surface area (Å²) in [5.41, 5.74) is 0.216. The van der Waals surface area contributed by atoms with Crippen molar-refractivity contribution in [2.24, 2.45) is 5.92 Å². The van der Waals surface area contributed by atoms with E-state index >= 15 is 0 Å². The first-order chi connectivity index (χ1) is 5.47. The highest BCUT2D eigenvalue weighted by Gasteiger charge is 2.23. The fourth-order valence-corrected chi connectivity index (χ4v) is 1.68. The van der Waals surface area contributed by atoms with Crippen molar-refractivity contribution in [1.82, 2.24) is 5.32 Å². The molecule has 0 radical (unpaired) electrons. The maximum Gasteiger partial charge on any atom is 0.0543 e. The molecule has 0 aliphatic heterocycles. The van der Waals surface area contributed by atoms with Crippen molar-refractivity contribution in [1.29, 1.82) is 0 Å². The topological polar surface area (TPSA) is 32.3 Å². The summed E-state index contributed by atoms with van der Waals surface area (Å²) in [4.78, 5) is 0. The largest absolute Gasteiger partial charge is 0.393 e. The van der Waals surface area contributed by atoms with Gasteiger partial charge in [-0.3, -0.25) is 0 Å². The fourth-order valence-electron chi connectivity index (χ4n) is 1.68. The molecule has 12 heavy (non-hydrogen) atoms. The van der Waals surface area contributed by atoms with Crippen LogP contribution in [0.2, 0.25) is 0 Å². The lowest BCUT2D eigenvalue weighted by Gasteiger charge is -2.23. The van der Waals surface area contributed by atoms with Crippen molar-refractivity contribution in [2.75, 3.05) is 6.54 Å². The van der Waals surface area contributed by atoms with Gasteiger partial charge < -0.3 is 10.4 Å². The predicted octanol–water partition coefficient (Wildman–Crippen LogP) is 1.54. The zero-order chi connectivity index (χ0) is 9.19. The summed E-state index contributed by atoms with van der Waals surface area (Å²) < 4.78 is 0. The lowest BCUT2D eigenvalue weighted by Crippen LogP contribution is -2.38. The first-order valence-electron chi connectivity index (χ1n) is 4.90. The Morgan fingerprint density at radius 3 is 2.42 bits per heavy atom. The first kappa shape index (κ1) is 10.0. The minimum Gasteiger partial charge on any atom is -0.393 e. The SMILES string of the molecule is CC(C)(C)NCC1CCC(O)C1. The predicted molar refractivity (Wildman–Crippen MR) is 51.1 cm³/mol. The van der Waals surface area contributed by atoms with Crippen molar-refractivity contribution >= 4 is 0 Å². The van der Waals surface area contributed by atoms with E-state index in [1.807, 2.05) is 0 Å². The van der Waals surface area contributed by atoms with Gasteiger partial charge in [0.05, 0.1) is 6.10 Å². The van der Waals surface area contributed by atoms with E-state index in [-0.39, 0.29) is 11.6 Å². The molecule has 72 valence electrons. The fraction of sp³-hybridized carbons (Fsp3) is 1.00. The molecule has 0 aromatic rings. The van der Waals surface area contributed by atoms with Crippen LogP contribution < -0.4 is 5.32 Å². The number of hydrogen-bond acceptors (Lipinski definition) is 2. The van der Waals surface area contributed by atoms with Crippen LogP contribution in [0, 0.1) is 5.92 Å². The Morgan fingerprint density at radius 2 is 2.00 bits per heavy atom. The van der Waals surface area contributed by atoms with E-state index in [2.05, 4.69) is 26.1 Å². The van der Waals surface area contributed by atoms with E-state index in [1.165, 1.54) is 6.42 Å². The summed E-state index contributed by atoms with van der Waals surface area (Å²) in [7, 11) is 0. The third kappa shape index (κ3) is 3.55. The van der Waals surface area contributed by atoms with Crippen LogP contribution >= 0.6 is 0 Å². The second-order valence-electron chi connectivity index (χ2n) is 4.96. The normalized spacial score (nSPS) is 31.0. The van der Waals surface area contributed by atoms with E-state index in [4.69, 9.17) is 0 Å². The summed E-state index contributed by atoms with van der Waals surface area (Å²) in [6.07, 6.45) is 3.14. The number of hydrogen-bond donors (Lipinski definition) is 2. The maximum atomic E-state index is 9.30. The molecule has 0 spiro atoms. The minimum absolute atomic E-state index is 0.0308. The van der Waals surface area contributed by atoms with Crippen LogP contribution in [-0.4, -0.2) is 23.3 Å². The van der Waals surface area contributed by atoms with Gasteiger partial charge in [-0.2, -0.15) is 0 Å². The van der Waals surface area contributed by atoms with Crippen LogP contribution in [-0.2, 0) is 0 Å². The van der Waals surface area contributed by atoms with Crippen molar-refractivity contribution < 1.29 is 5.11 Å². The van der Waals surface area contributed by atoms with Crippen LogP contribution in [0.5, 0.6) is 0 Å². The molecule has 2 N–H and O–H groups in total. The molecule has 0 heterocycles. The molecule has 0 bridgehead atoms. The number of aliphatic hydroxyl groups is 1. The van der Waals surface area contributed by atoms with Gasteiger partial charge in [0.25, 0.3) is 0 Å². The zero-order valence-electron chi connectivity index (χ0n) is 8.43. The molecular weight excluding hydrogens is 150 g/mol. The Balaban J connectivity index is 2.16. The zero-order valence-corrected chi connectivity index (χ0v) is 8.43. The van der Waals surface area contributed by atoms with Gasteiger partial charge in [-0.05, 0) is 52.5 Å². The standard InChI is InChI=1S/C10H21NO/c1-10(2,3)11-7-8-4-5-9(12)6-8/h8-9,11-12H,4-7H2,1-3H3. The third-order valence-electron chi connectivity index (χ3n) is 2.43. The minimum atomic E-state index is -0.0308. The third-order valence-corrected chi connectivity index (χ3v) is 2.43. The molecule has 2 unspecified atom stereocenters. The average Bonchev–Trinajstić information content (AvgIpc) is 2.30. The maximum absolute atomic E-state index is 9.30. The van der Waals surface area contributed by atoms with Gasteiger partial charge in [-0.15, -0.1) is 0 Å². The van der Waals surface area contributed by atoms with Crippen LogP contribution in [0.15, 0.2) is 0 Å². The van der Waals surface area contributed by atoms with E-state index < -0.39 is 0 Å². The number of aliphatic hydroxyl groups excluding tert-OH is 1. The highest BCUT2D eigenvalue weighted by atomic mass is 16.3.